The number of benzene rings is 1. The number of nitrogens with one attached hydrogen (secondary N) is 1. The summed E-state index contributed by atoms with van der Waals surface area (Å²) in [6, 6.07) is 6.16. The minimum absolute atomic E-state index is 0.0741. The Kier molecular flexibility index (Phi) is 4.28. The summed E-state index contributed by atoms with van der Waals surface area (Å²) in [6.45, 7) is 1.07. The summed E-state index contributed by atoms with van der Waals surface area (Å²) in [5.41, 5.74) is 0.616. The van der Waals surface area contributed by atoms with Gasteiger partial charge in [-0.3, -0.25) is 9.59 Å². The third-order valence-electron chi connectivity index (χ3n) is 4.34. The van der Waals surface area contributed by atoms with Crippen molar-refractivity contribution >= 4 is 23.5 Å². The molecule has 0 spiro atoms. The van der Waals surface area contributed by atoms with Crippen LogP contribution in [-0.4, -0.2) is 78.9 Å². The number of carbonyl (C=O) groups excluding carboxylic acids is 3. The number of rotatable bonds is 2. The van der Waals surface area contributed by atoms with Gasteiger partial charge in [0.1, 0.15) is 11.8 Å². The number of piperazine rings is 2. The SMILES string of the molecule is COc1cccc(NC(=O)N2CCN3C(=O)CN(C)C(=O)[C@@H]3C2)c1. The van der Waals surface area contributed by atoms with E-state index in [1.165, 1.54) is 4.90 Å². The van der Waals surface area contributed by atoms with Gasteiger partial charge < -0.3 is 24.8 Å². The number of likely N-dealkylation sites (N-methyl/N-ethyl adjacent to an activating group) is 1. The Labute approximate surface area is 139 Å². The van der Waals surface area contributed by atoms with Crippen LogP contribution in [0.5, 0.6) is 5.75 Å². The summed E-state index contributed by atoms with van der Waals surface area (Å²) in [7, 11) is 3.16. The summed E-state index contributed by atoms with van der Waals surface area (Å²) >= 11 is 0. The maximum absolute atomic E-state index is 12.5. The zero-order valence-electron chi connectivity index (χ0n) is 13.7. The van der Waals surface area contributed by atoms with Crippen molar-refractivity contribution in [1.29, 1.82) is 0 Å². The molecule has 0 unspecified atom stereocenters. The second kappa shape index (κ2) is 6.38. The highest BCUT2D eigenvalue weighted by Crippen LogP contribution is 2.20. The van der Waals surface area contributed by atoms with Crippen molar-refractivity contribution in [3.8, 4) is 5.75 Å². The molecular formula is C16H20N4O4. The third kappa shape index (κ3) is 2.99. The summed E-state index contributed by atoms with van der Waals surface area (Å²) in [5.74, 6) is 0.440. The van der Waals surface area contributed by atoms with Gasteiger partial charge in [-0.2, -0.15) is 0 Å². The first-order valence-electron chi connectivity index (χ1n) is 7.74. The van der Waals surface area contributed by atoms with Crippen LogP contribution in [0, 0.1) is 0 Å². The molecule has 2 saturated heterocycles. The highest BCUT2D eigenvalue weighted by molar-refractivity contribution is 5.96. The minimum Gasteiger partial charge on any atom is -0.497 e. The molecule has 1 N–H and O–H groups in total. The van der Waals surface area contributed by atoms with Gasteiger partial charge >= 0.3 is 6.03 Å². The molecule has 8 nitrogen and oxygen atoms in total. The van der Waals surface area contributed by atoms with Crippen LogP contribution in [-0.2, 0) is 9.59 Å². The number of methoxy groups -OCH3 is 1. The number of hydrogen-bond donors (Lipinski definition) is 1. The third-order valence-corrected chi connectivity index (χ3v) is 4.34. The van der Waals surface area contributed by atoms with Crippen molar-refractivity contribution in [2.24, 2.45) is 0 Å². The van der Waals surface area contributed by atoms with E-state index in [0.717, 1.165) is 0 Å². The van der Waals surface area contributed by atoms with E-state index in [9.17, 15) is 14.4 Å². The van der Waals surface area contributed by atoms with Gasteiger partial charge in [-0.1, -0.05) is 6.07 Å². The Morgan fingerprint density at radius 2 is 2.08 bits per heavy atom. The van der Waals surface area contributed by atoms with Gasteiger partial charge in [-0.15, -0.1) is 0 Å². The molecule has 1 aromatic carbocycles. The Balaban J connectivity index is 1.68. The van der Waals surface area contributed by atoms with Crippen molar-refractivity contribution < 1.29 is 19.1 Å². The molecule has 2 heterocycles. The number of nitrogens with zero attached hydrogens (tertiary/aromatic N) is 3. The van der Waals surface area contributed by atoms with Gasteiger partial charge in [-0.25, -0.2) is 4.79 Å². The Morgan fingerprint density at radius 1 is 1.29 bits per heavy atom. The molecule has 1 aromatic rings. The summed E-state index contributed by atoms with van der Waals surface area (Å²) < 4.78 is 5.13. The van der Waals surface area contributed by atoms with E-state index in [1.54, 1.807) is 48.2 Å². The monoisotopic (exact) mass is 332 g/mol. The fourth-order valence-corrected chi connectivity index (χ4v) is 3.01. The average Bonchev–Trinajstić information content (AvgIpc) is 2.59. The number of urea groups is 1. The topological polar surface area (TPSA) is 82.2 Å². The maximum Gasteiger partial charge on any atom is 0.321 e. The molecule has 0 aromatic heterocycles. The first-order chi connectivity index (χ1) is 11.5. The number of amides is 4. The molecule has 1 atom stereocenters. The molecule has 24 heavy (non-hydrogen) atoms. The Bertz CT molecular complexity index is 678. The van der Waals surface area contributed by atoms with E-state index < -0.39 is 6.04 Å². The van der Waals surface area contributed by atoms with Crippen LogP contribution in [0.15, 0.2) is 24.3 Å². The second-order valence-electron chi connectivity index (χ2n) is 5.91. The van der Waals surface area contributed by atoms with Gasteiger partial charge in [0, 0.05) is 31.9 Å². The molecule has 8 heteroatoms. The normalized spacial score (nSPS) is 20.8. The van der Waals surface area contributed by atoms with Crippen LogP contribution in [0.2, 0.25) is 0 Å². The van der Waals surface area contributed by atoms with Gasteiger partial charge in [0.05, 0.1) is 20.2 Å². The number of anilines is 1. The minimum atomic E-state index is -0.596. The fraction of sp³-hybridized carbons (Fsp3) is 0.438. The summed E-state index contributed by atoms with van der Waals surface area (Å²) in [5, 5.41) is 2.80. The highest BCUT2D eigenvalue weighted by atomic mass is 16.5. The zero-order valence-corrected chi connectivity index (χ0v) is 13.7. The molecular weight excluding hydrogens is 312 g/mol. The van der Waals surface area contributed by atoms with Crippen LogP contribution in [0.1, 0.15) is 0 Å². The van der Waals surface area contributed by atoms with E-state index in [1.807, 2.05) is 0 Å². The number of hydrogen-bond acceptors (Lipinski definition) is 4. The maximum atomic E-state index is 12.5. The van der Waals surface area contributed by atoms with Crippen LogP contribution in [0.4, 0.5) is 10.5 Å². The van der Waals surface area contributed by atoms with E-state index >= 15 is 0 Å². The molecule has 0 radical (unpaired) electrons. The number of fused-ring (bicyclic) bond motifs is 1. The lowest BCUT2D eigenvalue weighted by Crippen LogP contribution is -2.67. The van der Waals surface area contributed by atoms with E-state index in [-0.39, 0.29) is 30.9 Å². The predicted molar refractivity (Wildman–Crippen MR) is 86.7 cm³/mol. The lowest BCUT2D eigenvalue weighted by atomic mass is 10.1. The Hall–Kier alpha value is -2.77. The van der Waals surface area contributed by atoms with Crippen LogP contribution < -0.4 is 10.1 Å². The predicted octanol–water partition coefficient (Wildman–Crippen LogP) is 0.212. The van der Waals surface area contributed by atoms with Crippen molar-refractivity contribution in [2.75, 3.05) is 45.7 Å². The average molecular weight is 332 g/mol. The van der Waals surface area contributed by atoms with Gasteiger partial charge in [0.15, 0.2) is 0 Å². The van der Waals surface area contributed by atoms with E-state index in [2.05, 4.69) is 5.32 Å². The number of ether oxygens (including phenoxy) is 1. The van der Waals surface area contributed by atoms with Crippen LogP contribution >= 0.6 is 0 Å². The molecule has 0 aliphatic carbocycles. The van der Waals surface area contributed by atoms with E-state index in [0.29, 0.717) is 24.5 Å². The highest BCUT2D eigenvalue weighted by Gasteiger charge is 2.42. The van der Waals surface area contributed by atoms with Crippen molar-refractivity contribution in [3.05, 3.63) is 24.3 Å². The van der Waals surface area contributed by atoms with Crippen molar-refractivity contribution in [1.82, 2.24) is 14.7 Å². The molecule has 2 aliphatic heterocycles. The van der Waals surface area contributed by atoms with Crippen molar-refractivity contribution in [2.45, 2.75) is 6.04 Å². The zero-order chi connectivity index (χ0) is 17.3. The first kappa shape index (κ1) is 16.1. The van der Waals surface area contributed by atoms with Gasteiger partial charge in [0.2, 0.25) is 11.8 Å². The van der Waals surface area contributed by atoms with Crippen molar-refractivity contribution in [3.63, 3.8) is 0 Å². The standard InChI is InChI=1S/C16H20N4O4/c1-18-10-14(21)20-7-6-19(9-13(20)15(18)22)16(23)17-11-4-3-5-12(8-11)24-2/h3-5,8,13H,6-7,9-10H2,1-2H3,(H,17,23)/t13-/m0/s1. The summed E-state index contributed by atoms with van der Waals surface area (Å²) in [6.07, 6.45) is 0. The molecule has 3 rings (SSSR count). The first-order valence-corrected chi connectivity index (χ1v) is 7.74. The van der Waals surface area contributed by atoms with E-state index in [4.69, 9.17) is 4.74 Å². The van der Waals surface area contributed by atoms with Gasteiger partial charge in [0.25, 0.3) is 0 Å². The van der Waals surface area contributed by atoms with Gasteiger partial charge in [-0.05, 0) is 12.1 Å². The largest absolute Gasteiger partial charge is 0.497 e. The summed E-state index contributed by atoms with van der Waals surface area (Å²) in [4.78, 5) is 41.3. The lowest BCUT2D eigenvalue weighted by molar-refractivity contribution is -0.157. The molecule has 0 bridgehead atoms. The Morgan fingerprint density at radius 3 is 2.83 bits per heavy atom. The van der Waals surface area contributed by atoms with Crippen LogP contribution in [0.25, 0.3) is 0 Å². The molecule has 2 aliphatic rings. The fourth-order valence-electron chi connectivity index (χ4n) is 3.01. The van der Waals surface area contributed by atoms with Crippen LogP contribution in [0.3, 0.4) is 0 Å². The second-order valence-corrected chi connectivity index (χ2v) is 5.91. The number of carbonyl (C=O) groups is 3. The molecule has 2 fully saturated rings. The smallest absolute Gasteiger partial charge is 0.321 e. The molecule has 4 amide bonds. The lowest BCUT2D eigenvalue weighted by Gasteiger charge is -2.45. The molecule has 128 valence electrons. The quantitative estimate of drug-likeness (QED) is 0.839. The molecule has 0 saturated carbocycles.